The fraction of sp³-hybridized carbons (Fsp3) is 0.600. The first-order valence-electron chi connectivity index (χ1n) is 8.00. The highest BCUT2D eigenvalue weighted by atomic mass is 16.5. The number of hydrogen-bond donors (Lipinski definition) is 0. The molecule has 0 atom stereocenters. The molecule has 9 nitrogen and oxygen atoms in total. The third-order valence-electron chi connectivity index (χ3n) is 3.46. The van der Waals surface area contributed by atoms with Gasteiger partial charge in [0.1, 0.15) is 0 Å². The molecule has 0 aliphatic rings. The number of carbonyl (C=O) groups excluding carboxylic acids is 1. The molecule has 2 aromatic heterocycles. The highest BCUT2D eigenvalue weighted by molar-refractivity contribution is 5.93. The number of rotatable bonds is 8. The Labute approximate surface area is 141 Å². The van der Waals surface area contributed by atoms with Gasteiger partial charge in [-0.05, 0) is 19.8 Å². The maximum absolute atomic E-state index is 11.6. The second kappa shape index (κ2) is 7.80. The van der Waals surface area contributed by atoms with Crippen LogP contribution in [0.2, 0.25) is 0 Å². The van der Waals surface area contributed by atoms with Gasteiger partial charge < -0.3 is 9.64 Å². The maximum Gasteiger partial charge on any atom is 0.322 e. The number of aromatic nitrogens is 6. The molecule has 0 radical (unpaired) electrons. The Kier molecular flexibility index (Phi) is 5.78. The summed E-state index contributed by atoms with van der Waals surface area (Å²) >= 11 is 0. The van der Waals surface area contributed by atoms with Gasteiger partial charge in [0.05, 0.1) is 12.8 Å². The number of ether oxygens (including phenoxy) is 1. The molecule has 0 fully saturated rings. The molecule has 0 amide bonds. The zero-order chi connectivity index (χ0) is 17.7. The van der Waals surface area contributed by atoms with E-state index in [0.29, 0.717) is 17.3 Å². The zero-order valence-corrected chi connectivity index (χ0v) is 14.8. The second-order valence-electron chi connectivity index (χ2n) is 5.40. The van der Waals surface area contributed by atoms with Gasteiger partial charge in [0.2, 0.25) is 5.95 Å². The van der Waals surface area contributed by atoms with Gasteiger partial charge in [0.15, 0.2) is 11.5 Å². The van der Waals surface area contributed by atoms with E-state index >= 15 is 0 Å². The lowest BCUT2D eigenvalue weighted by Crippen LogP contribution is -2.28. The van der Waals surface area contributed by atoms with Gasteiger partial charge in [-0.1, -0.05) is 19.1 Å². The smallest absolute Gasteiger partial charge is 0.322 e. The van der Waals surface area contributed by atoms with Crippen LogP contribution in [0.25, 0.3) is 5.95 Å². The van der Waals surface area contributed by atoms with Crippen molar-refractivity contribution in [1.82, 2.24) is 29.9 Å². The number of hydrogen-bond acceptors (Lipinski definition) is 8. The molecule has 0 aliphatic carbocycles. The summed E-state index contributed by atoms with van der Waals surface area (Å²) in [5.74, 6) is 0.657. The van der Waals surface area contributed by atoms with Crippen molar-refractivity contribution in [2.75, 3.05) is 25.1 Å². The van der Waals surface area contributed by atoms with E-state index in [9.17, 15) is 4.79 Å². The summed E-state index contributed by atoms with van der Waals surface area (Å²) in [5, 5.41) is 7.90. The van der Waals surface area contributed by atoms with Crippen molar-refractivity contribution >= 4 is 11.7 Å². The third-order valence-corrected chi connectivity index (χ3v) is 3.46. The van der Waals surface area contributed by atoms with E-state index in [-0.39, 0.29) is 17.7 Å². The average Bonchev–Trinajstić information content (AvgIpc) is 2.96. The Balaban J connectivity index is 2.51. The molecule has 9 heteroatoms. The van der Waals surface area contributed by atoms with Crippen LogP contribution in [0.3, 0.4) is 0 Å². The first-order valence-corrected chi connectivity index (χ1v) is 8.00. The van der Waals surface area contributed by atoms with Crippen LogP contribution in [0.1, 0.15) is 49.8 Å². The molecule has 0 saturated heterocycles. The van der Waals surface area contributed by atoms with Gasteiger partial charge in [-0.3, -0.25) is 4.79 Å². The molecule has 2 rings (SSSR count). The summed E-state index contributed by atoms with van der Waals surface area (Å²) in [6.45, 7) is 9.06. The van der Waals surface area contributed by atoms with Crippen LogP contribution < -0.4 is 9.64 Å². The Morgan fingerprint density at radius 3 is 2.33 bits per heavy atom. The van der Waals surface area contributed by atoms with Crippen molar-refractivity contribution in [3.8, 4) is 12.0 Å². The number of anilines is 1. The van der Waals surface area contributed by atoms with E-state index in [0.717, 1.165) is 25.9 Å². The SMILES string of the molecule is CCCN(CCC)c1nc(OC)nc(-n2nnc(C(C)=O)c2C)n1. The van der Waals surface area contributed by atoms with Crippen molar-refractivity contribution in [2.24, 2.45) is 0 Å². The fourth-order valence-electron chi connectivity index (χ4n) is 2.36. The van der Waals surface area contributed by atoms with Crippen LogP contribution in [0.4, 0.5) is 5.95 Å². The minimum absolute atomic E-state index is 0.154. The molecule has 0 bridgehead atoms. The van der Waals surface area contributed by atoms with E-state index in [1.54, 1.807) is 6.92 Å². The summed E-state index contributed by atoms with van der Waals surface area (Å²) in [7, 11) is 1.50. The molecule has 0 N–H and O–H groups in total. The van der Waals surface area contributed by atoms with E-state index in [1.165, 1.54) is 18.7 Å². The van der Waals surface area contributed by atoms with Crippen LogP contribution in [-0.4, -0.2) is 55.9 Å². The van der Waals surface area contributed by atoms with E-state index in [1.807, 2.05) is 0 Å². The highest BCUT2D eigenvalue weighted by Crippen LogP contribution is 2.17. The minimum atomic E-state index is -0.154. The lowest BCUT2D eigenvalue weighted by molar-refractivity contribution is 0.101. The molecule has 0 aliphatic heterocycles. The molecule has 2 heterocycles. The van der Waals surface area contributed by atoms with E-state index in [4.69, 9.17) is 4.74 Å². The molecule has 2 aromatic rings. The molecular weight excluding hydrogens is 310 g/mol. The molecule has 24 heavy (non-hydrogen) atoms. The van der Waals surface area contributed by atoms with Crippen molar-refractivity contribution in [3.63, 3.8) is 0 Å². The Morgan fingerprint density at radius 1 is 1.17 bits per heavy atom. The van der Waals surface area contributed by atoms with Gasteiger partial charge in [-0.15, -0.1) is 5.10 Å². The summed E-state index contributed by atoms with van der Waals surface area (Å²) in [5.41, 5.74) is 0.883. The lowest BCUT2D eigenvalue weighted by Gasteiger charge is -2.21. The minimum Gasteiger partial charge on any atom is -0.467 e. The number of nitrogens with zero attached hydrogens (tertiary/aromatic N) is 7. The Hall–Kier alpha value is -2.58. The van der Waals surface area contributed by atoms with Gasteiger partial charge >= 0.3 is 6.01 Å². The van der Waals surface area contributed by atoms with Gasteiger partial charge in [-0.2, -0.15) is 19.6 Å². The highest BCUT2D eigenvalue weighted by Gasteiger charge is 2.19. The molecular formula is C15H23N7O2. The number of Topliss-reactive ketones (excluding diaryl/α,β-unsaturated/α-hetero) is 1. The summed E-state index contributed by atoms with van der Waals surface area (Å²) in [6, 6.07) is 0.200. The largest absolute Gasteiger partial charge is 0.467 e. The Bertz CT molecular complexity index is 708. The quantitative estimate of drug-likeness (QED) is 0.672. The van der Waals surface area contributed by atoms with Crippen molar-refractivity contribution in [3.05, 3.63) is 11.4 Å². The molecule has 0 spiro atoms. The predicted octanol–water partition coefficient (Wildman–Crippen LogP) is 1.60. The average molecular weight is 333 g/mol. The van der Waals surface area contributed by atoms with Crippen LogP contribution in [0.15, 0.2) is 0 Å². The maximum atomic E-state index is 11.6. The monoisotopic (exact) mass is 333 g/mol. The van der Waals surface area contributed by atoms with Crippen LogP contribution in [0.5, 0.6) is 6.01 Å². The van der Waals surface area contributed by atoms with Crippen molar-refractivity contribution in [1.29, 1.82) is 0 Å². The zero-order valence-electron chi connectivity index (χ0n) is 14.8. The van der Waals surface area contributed by atoms with Crippen LogP contribution in [-0.2, 0) is 0 Å². The molecule has 130 valence electrons. The van der Waals surface area contributed by atoms with E-state index in [2.05, 4.69) is 44.0 Å². The lowest BCUT2D eigenvalue weighted by atomic mass is 10.2. The van der Waals surface area contributed by atoms with Gasteiger partial charge in [0.25, 0.3) is 5.95 Å². The third kappa shape index (κ3) is 3.66. The topological polar surface area (TPSA) is 98.9 Å². The number of methoxy groups -OCH3 is 1. The molecule has 0 saturated carbocycles. The Morgan fingerprint density at radius 2 is 1.83 bits per heavy atom. The van der Waals surface area contributed by atoms with E-state index < -0.39 is 0 Å². The van der Waals surface area contributed by atoms with Gasteiger partial charge in [-0.25, -0.2) is 0 Å². The normalized spacial score (nSPS) is 10.7. The first-order chi connectivity index (χ1) is 11.5. The second-order valence-corrected chi connectivity index (χ2v) is 5.40. The fourth-order valence-corrected chi connectivity index (χ4v) is 2.36. The number of ketones is 1. The summed E-state index contributed by atoms with van der Waals surface area (Å²) < 4.78 is 6.63. The van der Waals surface area contributed by atoms with Gasteiger partial charge in [0, 0.05) is 20.0 Å². The molecule has 0 aromatic carbocycles. The van der Waals surface area contributed by atoms with Crippen molar-refractivity contribution < 1.29 is 9.53 Å². The van der Waals surface area contributed by atoms with Crippen LogP contribution in [0, 0.1) is 6.92 Å². The number of carbonyl (C=O) groups is 1. The summed E-state index contributed by atoms with van der Waals surface area (Å²) in [4.78, 5) is 26.7. The predicted molar refractivity (Wildman–Crippen MR) is 88.8 cm³/mol. The van der Waals surface area contributed by atoms with Crippen molar-refractivity contribution in [2.45, 2.75) is 40.5 Å². The molecule has 0 unspecified atom stereocenters. The first kappa shape index (κ1) is 17.8. The van der Waals surface area contributed by atoms with Crippen LogP contribution >= 0.6 is 0 Å². The summed E-state index contributed by atoms with van der Waals surface area (Å²) in [6.07, 6.45) is 1.94. The standard InChI is InChI=1S/C15H23N7O2/c1-6-8-21(9-7-2)13-16-14(18-15(17-13)24-5)22-10(3)12(11(4)23)19-20-22/h6-9H2,1-5H3.